The molecule has 1 atom stereocenters. The van der Waals surface area contributed by atoms with Crippen molar-refractivity contribution in [2.24, 2.45) is 5.92 Å². The first-order valence-electron chi connectivity index (χ1n) is 14.9. The van der Waals surface area contributed by atoms with E-state index in [1.54, 1.807) is 0 Å². The lowest BCUT2D eigenvalue weighted by atomic mass is 9.79. The van der Waals surface area contributed by atoms with Crippen LogP contribution in [-0.2, 0) is 16.0 Å². The van der Waals surface area contributed by atoms with E-state index in [0.717, 1.165) is 51.7 Å². The second-order valence-corrected chi connectivity index (χ2v) is 12.0. The number of nitrogens with zero attached hydrogens (tertiary/aromatic N) is 2. The molecule has 1 saturated carbocycles. The fourth-order valence-electron chi connectivity index (χ4n) is 6.80. The Bertz CT molecular complexity index is 823. The summed E-state index contributed by atoms with van der Waals surface area (Å²) in [7, 11) is 0. The van der Waals surface area contributed by atoms with E-state index in [9.17, 15) is 9.59 Å². The summed E-state index contributed by atoms with van der Waals surface area (Å²) >= 11 is 0. The third-order valence-corrected chi connectivity index (χ3v) is 8.84. The van der Waals surface area contributed by atoms with Gasteiger partial charge in [-0.15, -0.1) is 0 Å². The molecule has 5 nitrogen and oxygen atoms in total. The second-order valence-electron chi connectivity index (χ2n) is 12.0. The first kappa shape index (κ1) is 27.2. The molecule has 1 N–H and O–H groups in total. The van der Waals surface area contributed by atoms with Crippen LogP contribution < -0.4 is 5.32 Å². The molecule has 4 rings (SSSR count). The highest BCUT2D eigenvalue weighted by Crippen LogP contribution is 2.38. The lowest BCUT2D eigenvalue weighted by Crippen LogP contribution is -2.74. The molecule has 0 unspecified atom stereocenters. The maximum Gasteiger partial charge on any atom is 0.246 e. The van der Waals surface area contributed by atoms with Gasteiger partial charge < -0.3 is 15.1 Å². The molecule has 200 valence electrons. The molecule has 5 heteroatoms. The highest BCUT2D eigenvalue weighted by atomic mass is 16.2. The van der Waals surface area contributed by atoms with Gasteiger partial charge in [0.25, 0.3) is 0 Å². The Kier molecular flexibility index (Phi) is 9.87. The zero-order chi connectivity index (χ0) is 25.4. The number of carbonyl (C=O) groups is 2. The summed E-state index contributed by atoms with van der Waals surface area (Å²) in [6, 6.07) is 10.7. The van der Waals surface area contributed by atoms with E-state index in [1.165, 1.54) is 63.4 Å². The highest BCUT2D eigenvalue weighted by Gasteiger charge is 2.55. The zero-order valence-electron chi connectivity index (χ0n) is 22.9. The van der Waals surface area contributed by atoms with Gasteiger partial charge in [-0.1, -0.05) is 82.7 Å². The Hall–Kier alpha value is -1.88. The Balaban J connectivity index is 1.31. The van der Waals surface area contributed by atoms with Crippen LogP contribution in [0.5, 0.6) is 0 Å². The predicted molar refractivity (Wildman–Crippen MR) is 147 cm³/mol. The first-order chi connectivity index (χ1) is 17.5. The van der Waals surface area contributed by atoms with Crippen LogP contribution in [0.3, 0.4) is 0 Å². The number of benzene rings is 1. The van der Waals surface area contributed by atoms with Crippen LogP contribution in [-0.4, -0.2) is 58.9 Å². The lowest BCUT2D eigenvalue weighted by Gasteiger charge is -2.54. The van der Waals surface area contributed by atoms with Crippen molar-refractivity contribution in [3.05, 3.63) is 35.9 Å². The van der Waals surface area contributed by atoms with Crippen molar-refractivity contribution in [1.29, 1.82) is 0 Å². The van der Waals surface area contributed by atoms with E-state index in [4.69, 9.17) is 0 Å². The number of nitrogens with one attached hydrogen (secondary N) is 1. The molecule has 0 aromatic heterocycles. The van der Waals surface area contributed by atoms with E-state index in [1.807, 2.05) is 0 Å². The SMILES string of the molecule is CC(C)C[C@@H]1NC(=O)C2(CCN(CCCCCCc3ccccc3)CC2)N(C2CCCCCC2)C1=O. The maximum atomic E-state index is 13.8. The minimum Gasteiger partial charge on any atom is -0.342 e. The smallest absolute Gasteiger partial charge is 0.246 e. The number of likely N-dealkylation sites (tertiary alicyclic amines) is 1. The summed E-state index contributed by atoms with van der Waals surface area (Å²) in [5.41, 5.74) is 0.805. The molecule has 1 aliphatic carbocycles. The van der Waals surface area contributed by atoms with Crippen LogP contribution in [0.1, 0.15) is 103 Å². The van der Waals surface area contributed by atoms with Crippen molar-refractivity contribution < 1.29 is 9.59 Å². The number of hydrogen-bond donors (Lipinski definition) is 1. The van der Waals surface area contributed by atoms with Gasteiger partial charge in [-0.3, -0.25) is 9.59 Å². The maximum absolute atomic E-state index is 13.8. The Morgan fingerprint density at radius 1 is 0.917 bits per heavy atom. The van der Waals surface area contributed by atoms with Gasteiger partial charge in [-0.2, -0.15) is 0 Å². The molecule has 3 aliphatic rings. The number of unbranched alkanes of at least 4 members (excludes halogenated alkanes) is 3. The Labute approximate surface area is 219 Å². The van der Waals surface area contributed by atoms with Crippen LogP contribution >= 0.6 is 0 Å². The van der Waals surface area contributed by atoms with Gasteiger partial charge in [0.15, 0.2) is 0 Å². The van der Waals surface area contributed by atoms with E-state index in [-0.39, 0.29) is 23.9 Å². The molecule has 2 aliphatic heterocycles. The van der Waals surface area contributed by atoms with Crippen LogP contribution in [0, 0.1) is 5.92 Å². The van der Waals surface area contributed by atoms with Gasteiger partial charge in [-0.05, 0) is 69.4 Å². The van der Waals surface area contributed by atoms with E-state index < -0.39 is 5.54 Å². The average Bonchev–Trinajstić information content (AvgIpc) is 3.15. The molecule has 2 amide bonds. The molecule has 1 spiro atoms. The summed E-state index contributed by atoms with van der Waals surface area (Å²) in [6.07, 6.45) is 15.5. The van der Waals surface area contributed by atoms with Crippen LogP contribution in [0.25, 0.3) is 0 Å². The molecule has 0 radical (unpaired) electrons. The Morgan fingerprint density at radius 3 is 2.25 bits per heavy atom. The fourth-order valence-corrected chi connectivity index (χ4v) is 6.80. The number of hydrogen-bond acceptors (Lipinski definition) is 3. The standard InChI is InChI=1S/C31H49N3O2/c1-25(2)24-28-29(35)34(27-17-11-3-4-12-18-27)31(30(36)32-28)19-22-33(23-20-31)21-13-6-5-8-14-26-15-9-7-10-16-26/h7,9-10,15-16,25,27-28H,3-6,8,11-14,17-24H2,1-2H3,(H,32,36)/t28-/m0/s1. The monoisotopic (exact) mass is 495 g/mol. The number of aryl methyl sites for hydroxylation is 1. The van der Waals surface area contributed by atoms with E-state index >= 15 is 0 Å². The molecule has 2 saturated heterocycles. The number of piperidine rings is 1. The topological polar surface area (TPSA) is 52.7 Å². The minimum atomic E-state index is -0.633. The van der Waals surface area contributed by atoms with Gasteiger partial charge in [0.05, 0.1) is 0 Å². The molecular weight excluding hydrogens is 446 g/mol. The van der Waals surface area contributed by atoms with Crippen LogP contribution in [0.2, 0.25) is 0 Å². The Morgan fingerprint density at radius 2 is 1.58 bits per heavy atom. The van der Waals surface area contributed by atoms with Crippen molar-refractivity contribution in [2.45, 2.75) is 121 Å². The molecular formula is C31H49N3O2. The average molecular weight is 496 g/mol. The molecule has 3 fully saturated rings. The third-order valence-electron chi connectivity index (χ3n) is 8.84. The summed E-state index contributed by atoms with van der Waals surface area (Å²) < 4.78 is 0. The summed E-state index contributed by atoms with van der Waals surface area (Å²) in [5, 5.41) is 3.19. The largest absolute Gasteiger partial charge is 0.342 e. The van der Waals surface area contributed by atoms with Crippen molar-refractivity contribution in [3.8, 4) is 0 Å². The summed E-state index contributed by atoms with van der Waals surface area (Å²) in [4.78, 5) is 32.2. The van der Waals surface area contributed by atoms with E-state index in [0.29, 0.717) is 5.92 Å². The zero-order valence-corrected chi connectivity index (χ0v) is 22.9. The first-order valence-corrected chi connectivity index (χ1v) is 14.9. The summed E-state index contributed by atoms with van der Waals surface area (Å²) in [5.74, 6) is 0.707. The second kappa shape index (κ2) is 13.1. The van der Waals surface area contributed by atoms with Crippen LogP contribution in [0.4, 0.5) is 0 Å². The summed E-state index contributed by atoms with van der Waals surface area (Å²) in [6.45, 7) is 7.22. The van der Waals surface area contributed by atoms with Crippen molar-refractivity contribution in [1.82, 2.24) is 15.1 Å². The number of piperazine rings is 1. The number of carbonyl (C=O) groups excluding carboxylic acids is 2. The van der Waals surface area contributed by atoms with Crippen molar-refractivity contribution in [3.63, 3.8) is 0 Å². The quantitative estimate of drug-likeness (QED) is 0.334. The fraction of sp³-hybridized carbons (Fsp3) is 0.742. The molecule has 0 bridgehead atoms. The van der Waals surface area contributed by atoms with Gasteiger partial charge in [0.1, 0.15) is 11.6 Å². The van der Waals surface area contributed by atoms with Crippen molar-refractivity contribution >= 4 is 11.8 Å². The molecule has 36 heavy (non-hydrogen) atoms. The normalized spacial score (nSPS) is 23.8. The van der Waals surface area contributed by atoms with Gasteiger partial charge in [0.2, 0.25) is 11.8 Å². The van der Waals surface area contributed by atoms with Crippen molar-refractivity contribution in [2.75, 3.05) is 19.6 Å². The number of amides is 2. The lowest BCUT2D eigenvalue weighted by molar-refractivity contribution is -0.166. The molecule has 1 aromatic rings. The van der Waals surface area contributed by atoms with Gasteiger partial charge >= 0.3 is 0 Å². The third kappa shape index (κ3) is 6.70. The van der Waals surface area contributed by atoms with Crippen LogP contribution in [0.15, 0.2) is 30.3 Å². The predicted octanol–water partition coefficient (Wildman–Crippen LogP) is 5.72. The minimum absolute atomic E-state index is 0.123. The van der Waals surface area contributed by atoms with Gasteiger partial charge in [0, 0.05) is 19.1 Å². The number of rotatable bonds is 10. The highest BCUT2D eigenvalue weighted by molar-refractivity contribution is 6.00. The molecule has 1 aromatic carbocycles. The van der Waals surface area contributed by atoms with E-state index in [2.05, 4.69) is 59.3 Å². The van der Waals surface area contributed by atoms with Gasteiger partial charge in [-0.25, -0.2) is 0 Å². The molecule has 2 heterocycles.